The average Bonchev–Trinajstić information content (AvgIpc) is 2.81. The van der Waals surface area contributed by atoms with Crippen molar-refractivity contribution in [2.24, 2.45) is 5.16 Å². The highest BCUT2D eigenvalue weighted by molar-refractivity contribution is 5.79. The summed E-state index contributed by atoms with van der Waals surface area (Å²) < 4.78 is 1.09. The van der Waals surface area contributed by atoms with Gasteiger partial charge in [0.25, 0.3) is 0 Å². The summed E-state index contributed by atoms with van der Waals surface area (Å²) >= 11 is 0. The monoisotopic (exact) mass is 233 g/mol. The molecule has 1 fully saturated rings. The van der Waals surface area contributed by atoms with Gasteiger partial charge in [0.1, 0.15) is 5.69 Å². The Kier molecular flexibility index (Phi) is 3.48. The molecule has 1 heterocycles. The minimum Gasteiger partial charge on any atom is -0.411 e. The van der Waals surface area contributed by atoms with Gasteiger partial charge in [-0.05, 0) is 43.7 Å². The standard InChI is InChI=1S/C14H20N2O/c1-12(2)16(9-3-4-10-16)14-7-5-13(6-8-14)11-15-17/h5-8,11-12H,3-4,9-10H2,1-2H3/p+1. The first-order valence-electron chi connectivity index (χ1n) is 6.34. The van der Waals surface area contributed by atoms with Crippen molar-refractivity contribution in [1.82, 2.24) is 4.48 Å². The summed E-state index contributed by atoms with van der Waals surface area (Å²) in [7, 11) is 0. The van der Waals surface area contributed by atoms with E-state index in [-0.39, 0.29) is 0 Å². The van der Waals surface area contributed by atoms with Crippen molar-refractivity contribution in [3.8, 4) is 0 Å². The largest absolute Gasteiger partial charge is 0.411 e. The van der Waals surface area contributed by atoms with Crippen LogP contribution in [0.2, 0.25) is 0 Å². The fourth-order valence-electron chi connectivity index (χ4n) is 2.90. The molecule has 2 rings (SSSR count). The van der Waals surface area contributed by atoms with Crippen LogP contribution in [0, 0.1) is 0 Å². The fraction of sp³-hybridized carbons (Fsp3) is 0.500. The third-order valence-electron chi connectivity index (χ3n) is 3.97. The number of quaternary nitrogens is 1. The van der Waals surface area contributed by atoms with Crippen LogP contribution in [-0.4, -0.2) is 30.6 Å². The van der Waals surface area contributed by atoms with Crippen molar-refractivity contribution < 1.29 is 5.21 Å². The minimum absolute atomic E-state index is 0.620. The zero-order valence-corrected chi connectivity index (χ0v) is 10.6. The lowest BCUT2D eigenvalue weighted by atomic mass is 10.1. The molecule has 0 saturated carbocycles. The number of rotatable bonds is 3. The van der Waals surface area contributed by atoms with Crippen molar-refractivity contribution in [3.63, 3.8) is 0 Å². The Hall–Kier alpha value is -1.35. The molecule has 1 N–H and O–H groups in total. The van der Waals surface area contributed by atoms with E-state index in [9.17, 15) is 0 Å². The number of likely N-dealkylation sites (tertiary alicyclic amines) is 1. The van der Waals surface area contributed by atoms with Gasteiger partial charge in [-0.15, -0.1) is 0 Å². The summed E-state index contributed by atoms with van der Waals surface area (Å²) in [5.41, 5.74) is 2.32. The van der Waals surface area contributed by atoms with Gasteiger partial charge in [-0.1, -0.05) is 5.16 Å². The van der Waals surface area contributed by atoms with E-state index in [0.29, 0.717) is 6.04 Å². The van der Waals surface area contributed by atoms with Gasteiger partial charge in [-0.3, -0.25) is 4.48 Å². The van der Waals surface area contributed by atoms with Gasteiger partial charge in [-0.25, -0.2) is 0 Å². The quantitative estimate of drug-likeness (QED) is 0.370. The predicted molar refractivity (Wildman–Crippen MR) is 71.7 cm³/mol. The van der Waals surface area contributed by atoms with Crippen LogP contribution in [0.15, 0.2) is 29.4 Å². The SMILES string of the molecule is CC(C)[N+]1(c2ccc(C=NO)cc2)CCCC1. The fourth-order valence-corrected chi connectivity index (χ4v) is 2.90. The molecule has 1 aliphatic heterocycles. The van der Waals surface area contributed by atoms with Gasteiger partial charge in [0, 0.05) is 12.8 Å². The first kappa shape index (κ1) is 12.1. The number of nitrogens with zero attached hydrogens (tertiary/aromatic N) is 2. The first-order valence-corrected chi connectivity index (χ1v) is 6.34. The van der Waals surface area contributed by atoms with Gasteiger partial charge >= 0.3 is 0 Å². The molecule has 0 aliphatic carbocycles. The van der Waals surface area contributed by atoms with E-state index >= 15 is 0 Å². The van der Waals surface area contributed by atoms with Crippen molar-refractivity contribution in [1.29, 1.82) is 0 Å². The highest BCUT2D eigenvalue weighted by atomic mass is 16.4. The van der Waals surface area contributed by atoms with Crippen LogP contribution in [0.1, 0.15) is 32.3 Å². The van der Waals surface area contributed by atoms with Crippen molar-refractivity contribution in [2.45, 2.75) is 32.7 Å². The van der Waals surface area contributed by atoms with Crippen LogP contribution in [-0.2, 0) is 0 Å². The predicted octanol–water partition coefficient (Wildman–Crippen LogP) is 3.00. The van der Waals surface area contributed by atoms with Crippen LogP contribution < -0.4 is 4.48 Å². The molecule has 1 aromatic carbocycles. The van der Waals surface area contributed by atoms with Gasteiger partial charge in [0.2, 0.25) is 0 Å². The summed E-state index contributed by atoms with van der Waals surface area (Å²) in [6, 6.07) is 9.01. The molecule has 92 valence electrons. The van der Waals surface area contributed by atoms with E-state index in [2.05, 4.69) is 31.1 Å². The molecule has 3 nitrogen and oxygen atoms in total. The minimum atomic E-state index is 0.620. The Balaban J connectivity index is 2.31. The molecule has 17 heavy (non-hydrogen) atoms. The third kappa shape index (κ3) is 2.20. The van der Waals surface area contributed by atoms with Gasteiger partial charge < -0.3 is 5.21 Å². The van der Waals surface area contributed by atoms with E-state index in [1.807, 2.05) is 12.1 Å². The summed E-state index contributed by atoms with van der Waals surface area (Å²) in [5.74, 6) is 0. The molecule has 3 heteroatoms. The van der Waals surface area contributed by atoms with E-state index in [4.69, 9.17) is 5.21 Å². The molecule has 1 saturated heterocycles. The van der Waals surface area contributed by atoms with Gasteiger partial charge in [0.05, 0.1) is 25.3 Å². The Bertz CT molecular complexity index is 389. The van der Waals surface area contributed by atoms with E-state index in [1.165, 1.54) is 37.8 Å². The number of hydrogen-bond acceptors (Lipinski definition) is 2. The second kappa shape index (κ2) is 4.88. The van der Waals surface area contributed by atoms with Gasteiger partial charge in [-0.2, -0.15) is 0 Å². The van der Waals surface area contributed by atoms with Crippen molar-refractivity contribution in [2.75, 3.05) is 13.1 Å². The van der Waals surface area contributed by atoms with E-state index < -0.39 is 0 Å². The smallest absolute Gasteiger partial charge is 0.133 e. The van der Waals surface area contributed by atoms with Crippen LogP contribution in [0.4, 0.5) is 5.69 Å². The Labute approximate surface area is 103 Å². The molecule has 0 unspecified atom stereocenters. The first-order chi connectivity index (χ1) is 8.19. The lowest BCUT2D eigenvalue weighted by molar-refractivity contribution is 0.273. The topological polar surface area (TPSA) is 32.6 Å². The molecule has 0 atom stereocenters. The highest BCUT2D eigenvalue weighted by Crippen LogP contribution is 2.32. The molecule has 0 radical (unpaired) electrons. The second-order valence-electron chi connectivity index (χ2n) is 5.12. The maximum absolute atomic E-state index is 8.50. The zero-order chi connectivity index (χ0) is 12.3. The third-order valence-corrected chi connectivity index (χ3v) is 3.97. The molecule has 1 aromatic rings. The van der Waals surface area contributed by atoms with Crippen LogP contribution in [0.5, 0.6) is 0 Å². The maximum Gasteiger partial charge on any atom is 0.133 e. The van der Waals surface area contributed by atoms with Gasteiger partial charge in [0.15, 0.2) is 0 Å². The lowest BCUT2D eigenvalue weighted by Gasteiger charge is -2.38. The lowest BCUT2D eigenvalue weighted by Crippen LogP contribution is -2.52. The van der Waals surface area contributed by atoms with Crippen LogP contribution >= 0.6 is 0 Å². The molecule has 1 aliphatic rings. The zero-order valence-electron chi connectivity index (χ0n) is 10.6. The highest BCUT2D eigenvalue weighted by Gasteiger charge is 2.37. The molecule has 0 spiro atoms. The molecule has 0 amide bonds. The number of hydrogen-bond donors (Lipinski definition) is 1. The van der Waals surface area contributed by atoms with Crippen molar-refractivity contribution >= 4 is 11.9 Å². The van der Waals surface area contributed by atoms with Crippen LogP contribution in [0.3, 0.4) is 0 Å². The summed E-state index contributed by atoms with van der Waals surface area (Å²) in [5, 5.41) is 11.6. The van der Waals surface area contributed by atoms with E-state index in [1.54, 1.807) is 0 Å². The summed E-state index contributed by atoms with van der Waals surface area (Å²) in [6.45, 7) is 7.08. The Morgan fingerprint density at radius 1 is 1.18 bits per heavy atom. The number of benzene rings is 1. The summed E-state index contributed by atoms with van der Waals surface area (Å²) in [4.78, 5) is 0. The normalized spacial score (nSPS) is 19.2. The second-order valence-corrected chi connectivity index (χ2v) is 5.12. The average molecular weight is 233 g/mol. The molecular weight excluding hydrogens is 212 g/mol. The maximum atomic E-state index is 8.50. The molecule has 0 aromatic heterocycles. The molecular formula is C14H21N2O+. The summed E-state index contributed by atoms with van der Waals surface area (Å²) in [6.07, 6.45) is 4.10. The molecule has 0 bridgehead atoms. The Morgan fingerprint density at radius 3 is 2.24 bits per heavy atom. The van der Waals surface area contributed by atoms with Crippen LogP contribution in [0.25, 0.3) is 0 Å². The number of oxime groups is 1. The Morgan fingerprint density at radius 2 is 1.76 bits per heavy atom. The van der Waals surface area contributed by atoms with Crippen molar-refractivity contribution in [3.05, 3.63) is 29.8 Å². The van der Waals surface area contributed by atoms with E-state index in [0.717, 1.165) is 10.0 Å².